The molecular weight excluding hydrogens is 266 g/mol. The van der Waals surface area contributed by atoms with Crippen molar-refractivity contribution in [3.63, 3.8) is 0 Å². The fourth-order valence-corrected chi connectivity index (χ4v) is 2.67. The third kappa shape index (κ3) is 3.81. The molecule has 0 radical (unpaired) electrons. The first-order valence-electron chi connectivity index (χ1n) is 7.05. The van der Waals surface area contributed by atoms with Crippen molar-refractivity contribution in [1.82, 2.24) is 10.3 Å². The van der Waals surface area contributed by atoms with Crippen molar-refractivity contribution in [3.8, 4) is 10.6 Å². The molecule has 1 atom stereocenters. The Morgan fingerprint density at radius 2 is 1.95 bits per heavy atom. The maximum absolute atomic E-state index is 4.70. The zero-order valence-corrected chi connectivity index (χ0v) is 13.5. The first kappa shape index (κ1) is 15.0. The second-order valence-electron chi connectivity index (χ2n) is 5.28. The monoisotopic (exact) mass is 289 g/mol. The summed E-state index contributed by atoms with van der Waals surface area (Å²) in [5.74, 6) is 0. The van der Waals surface area contributed by atoms with E-state index in [4.69, 9.17) is 4.98 Å². The molecule has 3 nitrogen and oxygen atoms in total. The van der Waals surface area contributed by atoms with E-state index >= 15 is 0 Å². The summed E-state index contributed by atoms with van der Waals surface area (Å²) in [6.45, 7) is 5.24. The van der Waals surface area contributed by atoms with Crippen molar-refractivity contribution in [1.29, 1.82) is 0 Å². The lowest BCUT2D eigenvalue weighted by Crippen LogP contribution is -2.24. The molecule has 0 saturated carbocycles. The number of rotatable bonds is 6. The average Bonchev–Trinajstić information content (AvgIpc) is 2.93. The van der Waals surface area contributed by atoms with E-state index in [1.165, 1.54) is 11.3 Å². The van der Waals surface area contributed by atoms with Crippen LogP contribution in [-0.4, -0.2) is 25.1 Å². The second-order valence-corrected chi connectivity index (χ2v) is 6.13. The van der Waals surface area contributed by atoms with Crippen LogP contribution >= 0.6 is 11.3 Å². The zero-order chi connectivity index (χ0) is 14.5. The highest BCUT2D eigenvalue weighted by Crippen LogP contribution is 2.25. The average molecular weight is 289 g/mol. The third-order valence-corrected chi connectivity index (χ3v) is 4.37. The zero-order valence-electron chi connectivity index (χ0n) is 12.7. The molecule has 0 aliphatic heterocycles. The van der Waals surface area contributed by atoms with E-state index in [-0.39, 0.29) is 0 Å². The molecule has 0 bridgehead atoms. The molecule has 1 aromatic heterocycles. The third-order valence-electron chi connectivity index (χ3n) is 3.43. The summed E-state index contributed by atoms with van der Waals surface area (Å²) < 4.78 is 0. The minimum Gasteiger partial charge on any atom is -0.378 e. The summed E-state index contributed by atoms with van der Waals surface area (Å²) in [6, 6.07) is 9.08. The number of benzene rings is 1. The van der Waals surface area contributed by atoms with Crippen molar-refractivity contribution in [2.24, 2.45) is 0 Å². The minimum atomic E-state index is 0.541. The van der Waals surface area contributed by atoms with Gasteiger partial charge in [-0.3, -0.25) is 0 Å². The van der Waals surface area contributed by atoms with Crippen LogP contribution in [0.3, 0.4) is 0 Å². The standard InChI is InChI=1S/C16H23N3S/c1-5-12(2)17-10-14-11-20-16(18-14)13-6-8-15(9-7-13)19(3)4/h6-9,11-12,17H,5,10H2,1-4H3. The number of nitrogens with one attached hydrogen (secondary N) is 1. The topological polar surface area (TPSA) is 28.2 Å². The number of thiazole rings is 1. The summed E-state index contributed by atoms with van der Waals surface area (Å²) >= 11 is 1.71. The molecule has 108 valence electrons. The summed E-state index contributed by atoms with van der Waals surface area (Å²) in [5.41, 5.74) is 3.53. The van der Waals surface area contributed by atoms with Crippen LogP contribution in [0.2, 0.25) is 0 Å². The van der Waals surface area contributed by atoms with Crippen LogP contribution in [0, 0.1) is 0 Å². The van der Waals surface area contributed by atoms with E-state index in [0.29, 0.717) is 6.04 Å². The van der Waals surface area contributed by atoms with Gasteiger partial charge in [0.15, 0.2) is 0 Å². The molecule has 1 heterocycles. The van der Waals surface area contributed by atoms with Gasteiger partial charge in [-0.1, -0.05) is 6.92 Å². The van der Waals surface area contributed by atoms with E-state index < -0.39 is 0 Å². The maximum atomic E-state index is 4.70. The van der Waals surface area contributed by atoms with E-state index in [9.17, 15) is 0 Å². The molecular formula is C16H23N3S. The van der Waals surface area contributed by atoms with E-state index in [2.05, 4.69) is 67.8 Å². The number of nitrogens with zero attached hydrogens (tertiary/aromatic N) is 2. The minimum absolute atomic E-state index is 0.541. The van der Waals surface area contributed by atoms with Crippen molar-refractivity contribution in [2.45, 2.75) is 32.9 Å². The Balaban J connectivity index is 2.04. The van der Waals surface area contributed by atoms with Crippen LogP contribution < -0.4 is 10.2 Å². The molecule has 0 saturated heterocycles. The fourth-order valence-electron chi connectivity index (χ4n) is 1.85. The van der Waals surface area contributed by atoms with Gasteiger partial charge in [0.05, 0.1) is 5.69 Å². The summed E-state index contributed by atoms with van der Waals surface area (Å²) in [6.07, 6.45) is 1.14. The van der Waals surface area contributed by atoms with Crippen molar-refractivity contribution in [3.05, 3.63) is 35.3 Å². The van der Waals surface area contributed by atoms with Gasteiger partial charge in [0.1, 0.15) is 5.01 Å². The smallest absolute Gasteiger partial charge is 0.123 e. The molecule has 1 aromatic carbocycles. The van der Waals surface area contributed by atoms with Gasteiger partial charge in [0, 0.05) is 43.3 Å². The van der Waals surface area contributed by atoms with Crippen LogP contribution in [0.4, 0.5) is 5.69 Å². The van der Waals surface area contributed by atoms with E-state index in [1.807, 2.05) is 0 Å². The van der Waals surface area contributed by atoms with Crippen molar-refractivity contribution < 1.29 is 0 Å². The maximum Gasteiger partial charge on any atom is 0.123 e. The van der Waals surface area contributed by atoms with Crippen LogP contribution in [-0.2, 0) is 6.54 Å². The highest BCUT2D eigenvalue weighted by molar-refractivity contribution is 7.13. The molecule has 1 N–H and O–H groups in total. The van der Waals surface area contributed by atoms with Crippen LogP contribution in [0.1, 0.15) is 26.0 Å². The molecule has 1 unspecified atom stereocenters. The SMILES string of the molecule is CCC(C)NCc1csc(-c2ccc(N(C)C)cc2)n1. The van der Waals surface area contributed by atoms with Gasteiger partial charge in [0.25, 0.3) is 0 Å². The lowest BCUT2D eigenvalue weighted by molar-refractivity contribution is 0.530. The molecule has 0 aliphatic carbocycles. The Bertz CT molecular complexity index is 531. The Kier molecular flexibility index (Phi) is 5.15. The molecule has 2 aromatic rings. The highest BCUT2D eigenvalue weighted by atomic mass is 32.1. The molecule has 4 heteroatoms. The van der Waals surface area contributed by atoms with Crippen molar-refractivity contribution in [2.75, 3.05) is 19.0 Å². The Morgan fingerprint density at radius 1 is 1.25 bits per heavy atom. The molecule has 20 heavy (non-hydrogen) atoms. The molecule has 0 fully saturated rings. The number of hydrogen-bond donors (Lipinski definition) is 1. The summed E-state index contributed by atoms with van der Waals surface area (Å²) in [7, 11) is 4.11. The van der Waals surface area contributed by atoms with Crippen LogP contribution in [0.5, 0.6) is 0 Å². The van der Waals surface area contributed by atoms with Gasteiger partial charge in [-0.05, 0) is 37.6 Å². The highest BCUT2D eigenvalue weighted by Gasteiger charge is 2.06. The first-order chi connectivity index (χ1) is 9.60. The Morgan fingerprint density at radius 3 is 2.55 bits per heavy atom. The van der Waals surface area contributed by atoms with Crippen molar-refractivity contribution >= 4 is 17.0 Å². The van der Waals surface area contributed by atoms with Gasteiger partial charge in [0.2, 0.25) is 0 Å². The van der Waals surface area contributed by atoms with Gasteiger partial charge >= 0.3 is 0 Å². The Labute approximate surface area is 125 Å². The van der Waals surface area contributed by atoms with Crippen LogP contribution in [0.25, 0.3) is 10.6 Å². The molecule has 0 aliphatic rings. The second kappa shape index (κ2) is 6.86. The van der Waals surface area contributed by atoms with Gasteiger partial charge in [-0.2, -0.15) is 0 Å². The lowest BCUT2D eigenvalue weighted by atomic mass is 10.2. The van der Waals surface area contributed by atoms with Crippen LogP contribution in [0.15, 0.2) is 29.6 Å². The molecule has 2 rings (SSSR count). The largest absolute Gasteiger partial charge is 0.378 e. The fraction of sp³-hybridized carbons (Fsp3) is 0.438. The summed E-state index contributed by atoms with van der Waals surface area (Å²) in [4.78, 5) is 6.81. The number of aromatic nitrogens is 1. The van der Waals surface area contributed by atoms with Gasteiger partial charge in [-0.15, -0.1) is 11.3 Å². The number of anilines is 1. The first-order valence-corrected chi connectivity index (χ1v) is 7.93. The van der Waals surface area contributed by atoms with E-state index in [1.54, 1.807) is 11.3 Å². The van der Waals surface area contributed by atoms with Gasteiger partial charge in [-0.25, -0.2) is 4.98 Å². The van der Waals surface area contributed by atoms with E-state index in [0.717, 1.165) is 23.7 Å². The predicted molar refractivity (Wildman–Crippen MR) is 88.5 cm³/mol. The normalized spacial score (nSPS) is 12.4. The quantitative estimate of drug-likeness (QED) is 0.877. The van der Waals surface area contributed by atoms with Gasteiger partial charge < -0.3 is 10.2 Å². The predicted octanol–water partition coefficient (Wildman–Crippen LogP) is 3.76. The molecule has 0 amide bonds. The molecule has 0 spiro atoms. The lowest BCUT2D eigenvalue weighted by Gasteiger charge is -2.12. The summed E-state index contributed by atoms with van der Waals surface area (Å²) in [5, 5.41) is 6.71. The number of hydrogen-bond acceptors (Lipinski definition) is 4. The Hall–Kier alpha value is -1.39.